The zero-order valence-electron chi connectivity index (χ0n) is 9.96. The number of hydrogen-bond donors (Lipinski definition) is 1. The van der Waals surface area contributed by atoms with Crippen LogP contribution in [0.2, 0.25) is 19.6 Å². The third-order valence-electron chi connectivity index (χ3n) is 1.69. The molecular formula is C11H20O3Si. The van der Waals surface area contributed by atoms with Gasteiger partial charge in [0.25, 0.3) is 0 Å². The van der Waals surface area contributed by atoms with Crippen LogP contribution in [-0.4, -0.2) is 31.9 Å². The van der Waals surface area contributed by atoms with Crippen molar-refractivity contribution in [3.05, 3.63) is 0 Å². The lowest BCUT2D eigenvalue weighted by Crippen LogP contribution is -2.19. The number of aliphatic carboxylic acids is 1. The second-order valence-corrected chi connectivity index (χ2v) is 9.24. The Morgan fingerprint density at radius 2 is 2.07 bits per heavy atom. The molecule has 0 fully saturated rings. The zero-order valence-corrected chi connectivity index (χ0v) is 11.0. The minimum absolute atomic E-state index is 0.0510. The third-order valence-corrected chi connectivity index (χ3v) is 2.62. The molecule has 0 unspecified atom stereocenters. The maximum absolute atomic E-state index is 10.3. The van der Waals surface area contributed by atoms with E-state index in [-0.39, 0.29) is 12.7 Å². The highest BCUT2D eigenvalue weighted by Crippen LogP contribution is 2.03. The second-order valence-electron chi connectivity index (χ2n) is 4.49. The van der Waals surface area contributed by atoms with Crippen molar-refractivity contribution in [2.24, 2.45) is 0 Å². The largest absolute Gasteiger partial charge is 0.480 e. The van der Waals surface area contributed by atoms with Crippen molar-refractivity contribution in [2.75, 3.05) is 6.61 Å². The van der Waals surface area contributed by atoms with Crippen molar-refractivity contribution in [2.45, 2.75) is 45.5 Å². The van der Waals surface area contributed by atoms with Gasteiger partial charge >= 0.3 is 5.97 Å². The SMILES string of the molecule is CC[C@H](CC#C[Si](C)(C)C)OCC(=O)O. The van der Waals surface area contributed by atoms with Gasteiger partial charge in [0.15, 0.2) is 0 Å². The predicted octanol–water partition coefficient (Wildman–Crippen LogP) is 2.14. The maximum Gasteiger partial charge on any atom is 0.329 e. The molecule has 0 saturated carbocycles. The van der Waals surface area contributed by atoms with E-state index in [2.05, 4.69) is 31.1 Å². The van der Waals surface area contributed by atoms with Gasteiger partial charge in [-0.05, 0) is 6.42 Å². The molecule has 0 aliphatic rings. The summed E-state index contributed by atoms with van der Waals surface area (Å²) in [6, 6.07) is 0. The highest BCUT2D eigenvalue weighted by Gasteiger charge is 2.09. The molecule has 3 nitrogen and oxygen atoms in total. The Bertz CT molecular complexity index is 257. The molecule has 0 aromatic rings. The van der Waals surface area contributed by atoms with Gasteiger partial charge in [-0.2, -0.15) is 0 Å². The van der Waals surface area contributed by atoms with Crippen LogP contribution in [0.25, 0.3) is 0 Å². The van der Waals surface area contributed by atoms with E-state index >= 15 is 0 Å². The Hall–Kier alpha value is -0.793. The van der Waals surface area contributed by atoms with Crippen LogP contribution in [0.5, 0.6) is 0 Å². The van der Waals surface area contributed by atoms with Gasteiger partial charge in [-0.1, -0.05) is 26.6 Å². The van der Waals surface area contributed by atoms with E-state index in [9.17, 15) is 4.79 Å². The van der Waals surface area contributed by atoms with Crippen LogP contribution in [-0.2, 0) is 9.53 Å². The van der Waals surface area contributed by atoms with E-state index in [0.29, 0.717) is 6.42 Å². The van der Waals surface area contributed by atoms with Gasteiger partial charge in [0, 0.05) is 6.42 Å². The molecule has 15 heavy (non-hydrogen) atoms. The molecule has 0 amide bonds. The molecule has 0 rings (SSSR count). The van der Waals surface area contributed by atoms with E-state index in [1.54, 1.807) is 0 Å². The van der Waals surface area contributed by atoms with E-state index in [4.69, 9.17) is 9.84 Å². The van der Waals surface area contributed by atoms with Crippen LogP contribution in [0.4, 0.5) is 0 Å². The molecular weight excluding hydrogens is 208 g/mol. The standard InChI is InChI=1S/C11H20O3Si/c1-5-10(14-9-11(12)13)7-6-8-15(2,3)4/h10H,5,7,9H2,1-4H3,(H,12,13)/t10-/m1/s1. The highest BCUT2D eigenvalue weighted by molar-refractivity contribution is 6.83. The molecule has 0 aromatic heterocycles. The van der Waals surface area contributed by atoms with Crippen LogP contribution < -0.4 is 0 Å². The van der Waals surface area contributed by atoms with Gasteiger partial charge < -0.3 is 9.84 Å². The Morgan fingerprint density at radius 3 is 2.47 bits per heavy atom. The highest BCUT2D eigenvalue weighted by atomic mass is 28.3. The van der Waals surface area contributed by atoms with Gasteiger partial charge in [-0.25, -0.2) is 4.79 Å². The number of ether oxygens (including phenoxy) is 1. The molecule has 0 saturated heterocycles. The monoisotopic (exact) mass is 228 g/mol. The number of carboxylic acids is 1. The van der Waals surface area contributed by atoms with Crippen molar-refractivity contribution in [1.82, 2.24) is 0 Å². The molecule has 0 spiro atoms. The molecule has 0 radical (unpaired) electrons. The summed E-state index contributed by atoms with van der Waals surface area (Å²) in [5.41, 5.74) is 3.24. The van der Waals surface area contributed by atoms with Crippen LogP contribution >= 0.6 is 0 Å². The van der Waals surface area contributed by atoms with Gasteiger partial charge in [0.05, 0.1) is 6.10 Å². The van der Waals surface area contributed by atoms with Crippen LogP contribution in [0.1, 0.15) is 19.8 Å². The fourth-order valence-electron chi connectivity index (χ4n) is 0.940. The van der Waals surface area contributed by atoms with Crippen molar-refractivity contribution < 1.29 is 14.6 Å². The summed E-state index contributed by atoms with van der Waals surface area (Å²) in [7, 11) is -1.31. The Kier molecular flexibility index (Phi) is 6.30. The summed E-state index contributed by atoms with van der Waals surface area (Å²) in [5, 5.41) is 8.46. The first-order valence-electron chi connectivity index (χ1n) is 5.18. The molecule has 0 aliphatic heterocycles. The Morgan fingerprint density at radius 1 is 1.47 bits per heavy atom. The molecule has 1 N–H and O–H groups in total. The minimum atomic E-state index is -1.31. The summed E-state index contributed by atoms with van der Waals surface area (Å²) in [6.45, 7) is 8.28. The lowest BCUT2D eigenvalue weighted by molar-refractivity contribution is -0.144. The van der Waals surface area contributed by atoms with Gasteiger partial charge in [-0.3, -0.25) is 0 Å². The van der Waals surface area contributed by atoms with Crippen molar-refractivity contribution in [1.29, 1.82) is 0 Å². The lowest BCUT2D eigenvalue weighted by Gasteiger charge is -2.11. The smallest absolute Gasteiger partial charge is 0.329 e. The molecule has 4 heteroatoms. The first kappa shape index (κ1) is 14.2. The minimum Gasteiger partial charge on any atom is -0.480 e. The van der Waals surface area contributed by atoms with E-state index in [1.165, 1.54) is 0 Å². The summed E-state index contributed by atoms with van der Waals surface area (Å²) in [5.74, 6) is 2.17. The predicted molar refractivity (Wildman–Crippen MR) is 63.4 cm³/mol. The fraction of sp³-hybridized carbons (Fsp3) is 0.727. The van der Waals surface area contributed by atoms with Crippen LogP contribution in [0.3, 0.4) is 0 Å². The molecule has 0 aliphatic carbocycles. The number of carboxylic acid groups (broad SMARTS) is 1. The van der Waals surface area contributed by atoms with Gasteiger partial charge in [0.2, 0.25) is 0 Å². The first-order chi connectivity index (χ1) is 6.85. The molecule has 86 valence electrons. The van der Waals surface area contributed by atoms with E-state index < -0.39 is 14.0 Å². The average molecular weight is 228 g/mol. The summed E-state index contributed by atoms with van der Waals surface area (Å²) < 4.78 is 5.18. The topological polar surface area (TPSA) is 46.5 Å². The van der Waals surface area contributed by atoms with Crippen molar-refractivity contribution in [3.63, 3.8) is 0 Å². The first-order valence-corrected chi connectivity index (χ1v) is 8.68. The van der Waals surface area contributed by atoms with Crippen molar-refractivity contribution >= 4 is 14.0 Å². The second kappa shape index (κ2) is 6.65. The normalized spacial score (nSPS) is 12.8. The number of hydrogen-bond acceptors (Lipinski definition) is 2. The van der Waals surface area contributed by atoms with Crippen molar-refractivity contribution in [3.8, 4) is 11.5 Å². The number of carbonyl (C=O) groups is 1. The summed E-state index contributed by atoms with van der Waals surface area (Å²) in [6.07, 6.45) is 1.38. The van der Waals surface area contributed by atoms with Gasteiger partial charge in [-0.15, -0.1) is 11.5 Å². The Labute approximate surface area is 92.8 Å². The van der Waals surface area contributed by atoms with Crippen LogP contribution in [0.15, 0.2) is 0 Å². The van der Waals surface area contributed by atoms with Gasteiger partial charge in [0.1, 0.15) is 14.7 Å². The fourth-order valence-corrected chi connectivity index (χ4v) is 1.57. The zero-order chi connectivity index (χ0) is 11.9. The molecule has 1 atom stereocenters. The van der Waals surface area contributed by atoms with E-state index in [1.807, 2.05) is 6.92 Å². The molecule has 0 heterocycles. The molecule has 0 bridgehead atoms. The summed E-state index contributed by atoms with van der Waals surface area (Å²) >= 11 is 0. The number of rotatable bonds is 5. The third kappa shape index (κ3) is 9.51. The maximum atomic E-state index is 10.3. The quantitative estimate of drug-likeness (QED) is 0.579. The van der Waals surface area contributed by atoms with E-state index in [0.717, 1.165) is 6.42 Å². The summed E-state index contributed by atoms with van der Waals surface area (Å²) in [4.78, 5) is 10.3. The Balaban J connectivity index is 3.98. The lowest BCUT2D eigenvalue weighted by atomic mass is 10.2. The molecule has 0 aromatic carbocycles. The average Bonchev–Trinajstić information content (AvgIpc) is 2.08. The van der Waals surface area contributed by atoms with Crippen LogP contribution in [0, 0.1) is 11.5 Å².